The topological polar surface area (TPSA) is 66.8 Å². The lowest BCUT2D eigenvalue weighted by atomic mass is 9.84. The van der Waals surface area contributed by atoms with Gasteiger partial charge in [-0.05, 0) is 33.1 Å². The van der Waals surface area contributed by atoms with E-state index in [1.807, 2.05) is 0 Å². The van der Waals surface area contributed by atoms with Crippen LogP contribution in [0.3, 0.4) is 0 Å². The Kier molecular flexibility index (Phi) is 3.17. The molecule has 1 unspecified atom stereocenters. The van der Waals surface area contributed by atoms with Gasteiger partial charge in [-0.3, -0.25) is 0 Å². The summed E-state index contributed by atoms with van der Waals surface area (Å²) >= 11 is 0. The summed E-state index contributed by atoms with van der Waals surface area (Å²) in [5.74, 6) is -0.959. The van der Waals surface area contributed by atoms with Crippen molar-refractivity contribution < 1.29 is 19.7 Å². The van der Waals surface area contributed by atoms with Crippen molar-refractivity contribution >= 4 is 5.97 Å². The van der Waals surface area contributed by atoms with Gasteiger partial charge in [-0.15, -0.1) is 0 Å². The second kappa shape index (κ2) is 3.87. The number of rotatable bonds is 3. The normalized spacial score (nSPS) is 28.8. The van der Waals surface area contributed by atoms with Crippen LogP contribution in [0.1, 0.15) is 39.5 Å². The molecule has 1 fully saturated rings. The fourth-order valence-corrected chi connectivity index (χ4v) is 1.93. The standard InChI is InChI=1S/C10H18O4/c1-9(2,13)7-10(8(11)12)5-3-4-6-14-10/h13H,3-7H2,1-2H3,(H,11,12). The predicted octanol–water partition coefficient (Wildman–Crippen LogP) is 1.17. The molecule has 1 atom stereocenters. The van der Waals surface area contributed by atoms with Gasteiger partial charge < -0.3 is 14.9 Å². The molecule has 1 rings (SSSR count). The van der Waals surface area contributed by atoms with Crippen LogP contribution in [0.4, 0.5) is 0 Å². The van der Waals surface area contributed by atoms with Gasteiger partial charge in [0.2, 0.25) is 0 Å². The maximum atomic E-state index is 11.1. The summed E-state index contributed by atoms with van der Waals surface area (Å²) in [7, 11) is 0. The second-order valence-electron chi connectivity index (χ2n) is 4.59. The van der Waals surface area contributed by atoms with Crippen molar-refractivity contribution in [2.24, 2.45) is 0 Å². The van der Waals surface area contributed by atoms with Crippen molar-refractivity contribution in [3.63, 3.8) is 0 Å². The molecule has 0 aromatic heterocycles. The Balaban J connectivity index is 2.76. The van der Waals surface area contributed by atoms with Gasteiger partial charge in [-0.2, -0.15) is 0 Å². The third kappa shape index (κ3) is 2.69. The largest absolute Gasteiger partial charge is 0.479 e. The summed E-state index contributed by atoms with van der Waals surface area (Å²) in [6, 6.07) is 0. The van der Waals surface area contributed by atoms with Crippen molar-refractivity contribution in [1.29, 1.82) is 0 Å². The van der Waals surface area contributed by atoms with Crippen LogP contribution < -0.4 is 0 Å². The van der Waals surface area contributed by atoms with E-state index in [2.05, 4.69) is 0 Å². The summed E-state index contributed by atoms with van der Waals surface area (Å²) in [4.78, 5) is 11.1. The maximum absolute atomic E-state index is 11.1. The molecule has 1 saturated heterocycles. The molecule has 0 aromatic rings. The van der Waals surface area contributed by atoms with Crippen LogP contribution in [-0.4, -0.2) is 34.0 Å². The number of carbonyl (C=O) groups is 1. The third-order valence-corrected chi connectivity index (χ3v) is 2.46. The Morgan fingerprint density at radius 3 is 2.50 bits per heavy atom. The van der Waals surface area contributed by atoms with E-state index in [1.165, 1.54) is 0 Å². The number of carboxylic acid groups (broad SMARTS) is 1. The van der Waals surface area contributed by atoms with Crippen LogP contribution in [0.2, 0.25) is 0 Å². The van der Waals surface area contributed by atoms with Crippen LogP contribution in [0.15, 0.2) is 0 Å². The van der Waals surface area contributed by atoms with Crippen LogP contribution in [0, 0.1) is 0 Å². The van der Waals surface area contributed by atoms with Gasteiger partial charge in [0, 0.05) is 13.0 Å². The minimum absolute atomic E-state index is 0.148. The summed E-state index contributed by atoms with van der Waals surface area (Å²) in [6.45, 7) is 3.69. The molecule has 4 nitrogen and oxygen atoms in total. The van der Waals surface area contributed by atoms with Gasteiger partial charge >= 0.3 is 5.97 Å². The SMILES string of the molecule is CC(C)(O)CC1(C(=O)O)CCCCO1. The summed E-state index contributed by atoms with van der Waals surface area (Å²) in [5, 5.41) is 18.8. The van der Waals surface area contributed by atoms with Crippen molar-refractivity contribution in [3.05, 3.63) is 0 Å². The van der Waals surface area contributed by atoms with E-state index in [1.54, 1.807) is 13.8 Å². The molecule has 1 aliphatic heterocycles. The summed E-state index contributed by atoms with van der Waals surface area (Å²) < 4.78 is 5.34. The number of aliphatic carboxylic acids is 1. The molecule has 0 radical (unpaired) electrons. The molecule has 14 heavy (non-hydrogen) atoms. The van der Waals surface area contributed by atoms with Gasteiger partial charge in [0.05, 0.1) is 5.60 Å². The molecule has 1 heterocycles. The van der Waals surface area contributed by atoms with Gasteiger partial charge in [-0.1, -0.05) is 0 Å². The third-order valence-electron chi connectivity index (χ3n) is 2.46. The highest BCUT2D eigenvalue weighted by atomic mass is 16.5. The highest BCUT2D eigenvalue weighted by Gasteiger charge is 2.44. The Morgan fingerprint density at radius 2 is 2.14 bits per heavy atom. The van der Waals surface area contributed by atoms with Gasteiger partial charge in [0.1, 0.15) is 0 Å². The van der Waals surface area contributed by atoms with Crippen LogP contribution >= 0.6 is 0 Å². The van der Waals surface area contributed by atoms with Crippen molar-refractivity contribution in [2.45, 2.75) is 50.7 Å². The molecular formula is C10H18O4. The predicted molar refractivity (Wildman–Crippen MR) is 51.1 cm³/mol. The van der Waals surface area contributed by atoms with Crippen molar-refractivity contribution in [2.75, 3.05) is 6.61 Å². The zero-order valence-corrected chi connectivity index (χ0v) is 8.75. The van der Waals surface area contributed by atoms with Crippen LogP contribution in [0.5, 0.6) is 0 Å². The first-order valence-electron chi connectivity index (χ1n) is 4.95. The highest BCUT2D eigenvalue weighted by molar-refractivity contribution is 5.77. The van der Waals surface area contributed by atoms with E-state index in [0.29, 0.717) is 13.0 Å². The molecule has 0 aromatic carbocycles. The van der Waals surface area contributed by atoms with Crippen LogP contribution in [0.25, 0.3) is 0 Å². The molecule has 0 saturated carbocycles. The summed E-state index contributed by atoms with van der Waals surface area (Å²) in [5.41, 5.74) is -2.17. The van der Waals surface area contributed by atoms with Gasteiger partial charge in [-0.25, -0.2) is 4.79 Å². The first-order chi connectivity index (χ1) is 6.36. The molecule has 1 aliphatic rings. The lowest BCUT2D eigenvalue weighted by molar-refractivity contribution is -0.181. The van der Waals surface area contributed by atoms with E-state index < -0.39 is 17.2 Å². The smallest absolute Gasteiger partial charge is 0.336 e. The molecule has 4 heteroatoms. The molecule has 2 N–H and O–H groups in total. The quantitative estimate of drug-likeness (QED) is 0.721. The monoisotopic (exact) mass is 202 g/mol. The molecule has 0 aliphatic carbocycles. The Morgan fingerprint density at radius 1 is 1.50 bits per heavy atom. The van der Waals surface area contributed by atoms with E-state index in [-0.39, 0.29) is 6.42 Å². The number of ether oxygens (including phenoxy) is 1. The molecule has 82 valence electrons. The molecule has 0 bridgehead atoms. The fraction of sp³-hybridized carbons (Fsp3) is 0.900. The zero-order chi connectivity index (χ0) is 10.8. The highest BCUT2D eigenvalue weighted by Crippen LogP contribution is 2.32. The lowest BCUT2D eigenvalue weighted by Gasteiger charge is -2.37. The number of aliphatic hydroxyl groups is 1. The summed E-state index contributed by atoms with van der Waals surface area (Å²) in [6.07, 6.45) is 2.39. The zero-order valence-electron chi connectivity index (χ0n) is 8.75. The minimum Gasteiger partial charge on any atom is -0.479 e. The van der Waals surface area contributed by atoms with E-state index in [4.69, 9.17) is 9.84 Å². The Bertz CT molecular complexity index is 211. The fourth-order valence-electron chi connectivity index (χ4n) is 1.93. The average Bonchev–Trinajstić information content (AvgIpc) is 2.02. The Hall–Kier alpha value is -0.610. The molecular weight excluding hydrogens is 184 g/mol. The first kappa shape index (κ1) is 11.5. The van der Waals surface area contributed by atoms with E-state index in [0.717, 1.165) is 12.8 Å². The maximum Gasteiger partial charge on any atom is 0.336 e. The number of hydrogen-bond acceptors (Lipinski definition) is 3. The van der Waals surface area contributed by atoms with E-state index in [9.17, 15) is 9.90 Å². The average molecular weight is 202 g/mol. The molecule has 0 spiro atoms. The minimum atomic E-state index is -1.17. The van der Waals surface area contributed by atoms with Crippen LogP contribution in [-0.2, 0) is 9.53 Å². The van der Waals surface area contributed by atoms with Crippen molar-refractivity contribution in [3.8, 4) is 0 Å². The Labute approximate surface area is 83.9 Å². The molecule has 0 amide bonds. The van der Waals surface area contributed by atoms with Gasteiger partial charge in [0.25, 0.3) is 0 Å². The number of carboxylic acids is 1. The first-order valence-corrected chi connectivity index (χ1v) is 4.95. The lowest BCUT2D eigenvalue weighted by Crippen LogP contribution is -2.49. The van der Waals surface area contributed by atoms with Crippen molar-refractivity contribution in [1.82, 2.24) is 0 Å². The van der Waals surface area contributed by atoms with E-state index >= 15 is 0 Å². The number of hydrogen-bond donors (Lipinski definition) is 2. The van der Waals surface area contributed by atoms with Gasteiger partial charge in [0.15, 0.2) is 5.60 Å². The second-order valence-corrected chi connectivity index (χ2v) is 4.59.